The maximum Gasteiger partial charge on any atom is 0.116 e. The summed E-state index contributed by atoms with van der Waals surface area (Å²) in [4.78, 5) is 0. The molecule has 0 amide bonds. The first-order valence-corrected chi connectivity index (χ1v) is 6.24. The molecule has 0 fully saturated rings. The zero-order valence-electron chi connectivity index (χ0n) is 10.2. The van der Waals surface area contributed by atoms with Crippen LogP contribution in [0, 0.1) is 0 Å². The Morgan fingerprint density at radius 2 is 1.16 bits per heavy atom. The fourth-order valence-electron chi connectivity index (χ4n) is 3.13. The van der Waals surface area contributed by atoms with Gasteiger partial charge in [-0.3, -0.25) is 0 Å². The molecule has 0 unspecified atom stereocenters. The molecular formula is C17H12O2. The van der Waals surface area contributed by atoms with Crippen LogP contribution in [0.4, 0.5) is 0 Å². The van der Waals surface area contributed by atoms with Crippen LogP contribution in [0.1, 0.15) is 22.3 Å². The normalized spacial score (nSPS) is 16.8. The summed E-state index contributed by atoms with van der Waals surface area (Å²) in [5.74, 6) is 0.571. The molecule has 0 aromatic heterocycles. The topological polar surface area (TPSA) is 40.5 Å². The van der Waals surface area contributed by atoms with Crippen LogP contribution in [-0.4, -0.2) is 10.2 Å². The summed E-state index contributed by atoms with van der Waals surface area (Å²) in [6.45, 7) is 0. The van der Waals surface area contributed by atoms with E-state index in [-0.39, 0.29) is 16.9 Å². The lowest BCUT2D eigenvalue weighted by molar-refractivity contribution is 0.474. The van der Waals surface area contributed by atoms with Gasteiger partial charge in [-0.1, -0.05) is 36.4 Å². The highest BCUT2D eigenvalue weighted by Gasteiger charge is 2.38. The Balaban J connectivity index is 1.98. The lowest BCUT2D eigenvalue weighted by atomic mass is 9.78. The van der Waals surface area contributed by atoms with Gasteiger partial charge in [-0.25, -0.2) is 0 Å². The standard InChI is InChI=1S/C17H12O2/c18-13-1-3-15-11(9-13)5-7-17(15)8-6-12-10-14(19)2-4-16(12)17/h1-10,18-19H. The van der Waals surface area contributed by atoms with Gasteiger partial charge in [0.2, 0.25) is 0 Å². The van der Waals surface area contributed by atoms with Crippen LogP contribution in [0.3, 0.4) is 0 Å². The highest BCUT2D eigenvalue weighted by atomic mass is 16.3. The number of benzene rings is 2. The van der Waals surface area contributed by atoms with Gasteiger partial charge in [0.05, 0.1) is 5.41 Å². The van der Waals surface area contributed by atoms with E-state index in [0.29, 0.717) is 0 Å². The first-order valence-electron chi connectivity index (χ1n) is 6.24. The van der Waals surface area contributed by atoms with Gasteiger partial charge in [0, 0.05) is 0 Å². The molecule has 2 aliphatic rings. The Morgan fingerprint density at radius 3 is 1.63 bits per heavy atom. The van der Waals surface area contributed by atoms with Crippen LogP contribution in [-0.2, 0) is 5.41 Å². The average molecular weight is 248 g/mol. The lowest BCUT2D eigenvalue weighted by Crippen LogP contribution is -2.18. The molecule has 0 atom stereocenters. The number of rotatable bonds is 0. The largest absolute Gasteiger partial charge is 0.508 e. The summed E-state index contributed by atoms with van der Waals surface area (Å²) >= 11 is 0. The zero-order chi connectivity index (χ0) is 13.0. The number of phenols is 2. The van der Waals surface area contributed by atoms with Crippen molar-refractivity contribution >= 4 is 12.2 Å². The molecular weight excluding hydrogens is 236 g/mol. The second-order valence-corrected chi connectivity index (χ2v) is 5.08. The van der Waals surface area contributed by atoms with Gasteiger partial charge in [-0.15, -0.1) is 0 Å². The van der Waals surface area contributed by atoms with Gasteiger partial charge in [0.1, 0.15) is 11.5 Å². The fraction of sp³-hybridized carbons (Fsp3) is 0.0588. The molecule has 0 radical (unpaired) electrons. The Labute approximate surface area is 111 Å². The summed E-state index contributed by atoms with van der Waals surface area (Å²) < 4.78 is 0. The average Bonchev–Trinajstić information content (AvgIpc) is 2.93. The Hall–Kier alpha value is -2.48. The second kappa shape index (κ2) is 3.29. The van der Waals surface area contributed by atoms with E-state index >= 15 is 0 Å². The SMILES string of the molecule is Oc1ccc2c(c1)C=CC21C=Cc2cc(O)ccc21. The van der Waals surface area contributed by atoms with E-state index < -0.39 is 0 Å². The molecule has 1 spiro atoms. The first kappa shape index (κ1) is 10.4. The maximum absolute atomic E-state index is 9.57. The van der Waals surface area contributed by atoms with Crippen LogP contribution in [0.15, 0.2) is 48.6 Å². The van der Waals surface area contributed by atoms with Crippen molar-refractivity contribution in [2.24, 2.45) is 0 Å². The minimum atomic E-state index is -0.244. The van der Waals surface area contributed by atoms with Crippen LogP contribution in [0.5, 0.6) is 11.5 Å². The predicted octanol–water partition coefficient (Wildman–Crippen LogP) is 3.44. The molecule has 2 N–H and O–H groups in total. The van der Waals surface area contributed by atoms with E-state index in [1.54, 1.807) is 24.3 Å². The molecule has 2 aromatic carbocycles. The van der Waals surface area contributed by atoms with Crippen molar-refractivity contribution < 1.29 is 10.2 Å². The molecule has 2 heteroatoms. The lowest BCUT2D eigenvalue weighted by Gasteiger charge is -2.24. The van der Waals surface area contributed by atoms with Crippen LogP contribution >= 0.6 is 0 Å². The Bertz CT molecular complexity index is 688. The zero-order valence-corrected chi connectivity index (χ0v) is 10.2. The number of allylic oxidation sites excluding steroid dienone is 2. The summed E-state index contributed by atoms with van der Waals surface area (Å²) in [5, 5.41) is 19.1. The van der Waals surface area contributed by atoms with E-state index in [1.165, 1.54) is 11.1 Å². The predicted molar refractivity (Wildman–Crippen MR) is 75.1 cm³/mol. The monoisotopic (exact) mass is 248 g/mol. The number of phenolic OH excluding ortho intramolecular Hbond substituents is 2. The third-order valence-electron chi connectivity index (χ3n) is 4.01. The van der Waals surface area contributed by atoms with Crippen molar-refractivity contribution in [1.29, 1.82) is 0 Å². The van der Waals surface area contributed by atoms with Crippen LogP contribution < -0.4 is 0 Å². The summed E-state index contributed by atoms with van der Waals surface area (Å²) in [6, 6.07) is 11.0. The van der Waals surface area contributed by atoms with Crippen molar-refractivity contribution in [3.05, 3.63) is 70.8 Å². The Kier molecular flexibility index (Phi) is 1.81. The van der Waals surface area contributed by atoms with Gasteiger partial charge >= 0.3 is 0 Å². The Morgan fingerprint density at radius 1 is 0.684 bits per heavy atom. The van der Waals surface area contributed by atoms with Gasteiger partial charge in [-0.05, 0) is 46.5 Å². The molecule has 2 aromatic rings. The summed E-state index contributed by atoms with van der Waals surface area (Å²) in [7, 11) is 0. The van der Waals surface area contributed by atoms with Gasteiger partial charge in [0.15, 0.2) is 0 Å². The van der Waals surface area contributed by atoms with Crippen molar-refractivity contribution in [3.8, 4) is 11.5 Å². The van der Waals surface area contributed by atoms with Gasteiger partial charge in [-0.2, -0.15) is 0 Å². The van der Waals surface area contributed by atoms with E-state index in [0.717, 1.165) is 11.1 Å². The molecule has 0 saturated carbocycles. The molecule has 0 aliphatic heterocycles. The molecule has 2 aliphatic carbocycles. The highest BCUT2D eigenvalue weighted by molar-refractivity contribution is 5.80. The molecule has 0 bridgehead atoms. The molecule has 4 rings (SSSR count). The van der Waals surface area contributed by atoms with Crippen molar-refractivity contribution in [2.75, 3.05) is 0 Å². The minimum Gasteiger partial charge on any atom is -0.508 e. The van der Waals surface area contributed by atoms with Crippen LogP contribution in [0.2, 0.25) is 0 Å². The van der Waals surface area contributed by atoms with Crippen LogP contribution in [0.25, 0.3) is 12.2 Å². The third-order valence-corrected chi connectivity index (χ3v) is 4.01. The second-order valence-electron chi connectivity index (χ2n) is 5.08. The van der Waals surface area contributed by atoms with Gasteiger partial charge < -0.3 is 10.2 Å². The number of hydrogen-bond donors (Lipinski definition) is 2. The van der Waals surface area contributed by atoms with Gasteiger partial charge in [0.25, 0.3) is 0 Å². The molecule has 0 saturated heterocycles. The number of hydrogen-bond acceptors (Lipinski definition) is 2. The van der Waals surface area contributed by atoms with Crippen molar-refractivity contribution in [2.45, 2.75) is 5.41 Å². The summed E-state index contributed by atoms with van der Waals surface area (Å²) in [5.41, 5.74) is 4.19. The third kappa shape index (κ3) is 1.26. The summed E-state index contributed by atoms with van der Waals surface area (Å²) in [6.07, 6.45) is 8.38. The quantitative estimate of drug-likeness (QED) is 0.749. The van der Waals surface area contributed by atoms with Crippen molar-refractivity contribution in [3.63, 3.8) is 0 Å². The first-order chi connectivity index (χ1) is 9.19. The fourth-order valence-corrected chi connectivity index (χ4v) is 3.13. The van der Waals surface area contributed by atoms with E-state index in [4.69, 9.17) is 0 Å². The molecule has 0 heterocycles. The minimum absolute atomic E-state index is 0.244. The van der Waals surface area contributed by atoms with E-state index in [1.807, 2.05) is 24.3 Å². The van der Waals surface area contributed by atoms with E-state index in [2.05, 4.69) is 12.2 Å². The molecule has 2 nitrogen and oxygen atoms in total. The van der Waals surface area contributed by atoms with Crippen molar-refractivity contribution in [1.82, 2.24) is 0 Å². The highest BCUT2D eigenvalue weighted by Crippen LogP contribution is 2.48. The molecule has 92 valence electrons. The maximum atomic E-state index is 9.57. The number of fused-ring (bicyclic) bond motifs is 4. The smallest absolute Gasteiger partial charge is 0.116 e. The number of aromatic hydroxyl groups is 2. The van der Waals surface area contributed by atoms with E-state index in [9.17, 15) is 10.2 Å². The molecule has 19 heavy (non-hydrogen) atoms.